The normalized spacial score (nSPS) is 22.2. The van der Waals surface area contributed by atoms with Crippen LogP contribution >= 0.6 is 0 Å². The van der Waals surface area contributed by atoms with Gasteiger partial charge in [0, 0.05) is 45.5 Å². The summed E-state index contributed by atoms with van der Waals surface area (Å²) < 4.78 is 5.25. The highest BCUT2D eigenvalue weighted by Gasteiger charge is 2.23. The van der Waals surface area contributed by atoms with Crippen LogP contribution in [0.3, 0.4) is 0 Å². The summed E-state index contributed by atoms with van der Waals surface area (Å²) in [5.74, 6) is -0.151. The Labute approximate surface area is 113 Å². The third-order valence-electron chi connectivity index (χ3n) is 3.50. The molecular weight excluding hydrogens is 244 g/mol. The van der Waals surface area contributed by atoms with Crippen LogP contribution in [0.2, 0.25) is 0 Å². The minimum absolute atomic E-state index is 0.151. The van der Waals surface area contributed by atoms with Crippen molar-refractivity contribution in [1.29, 1.82) is 5.26 Å². The summed E-state index contributed by atoms with van der Waals surface area (Å²) in [5, 5.41) is 9.18. The van der Waals surface area contributed by atoms with E-state index in [1.165, 1.54) is 0 Å². The van der Waals surface area contributed by atoms with E-state index in [9.17, 15) is 10.1 Å². The molecule has 0 aromatic carbocycles. The first kappa shape index (κ1) is 13.8. The minimum Gasteiger partial charge on any atom is -0.378 e. The largest absolute Gasteiger partial charge is 0.378 e. The number of carbonyl (C=O) groups excluding carboxylic acids is 1. The monoisotopic (exact) mass is 264 g/mol. The number of piperazine rings is 1. The van der Waals surface area contributed by atoms with Gasteiger partial charge in [0.15, 0.2) is 0 Å². The molecule has 104 valence electrons. The van der Waals surface area contributed by atoms with Crippen LogP contribution in [0.25, 0.3) is 0 Å². The van der Waals surface area contributed by atoms with Gasteiger partial charge >= 0.3 is 0 Å². The van der Waals surface area contributed by atoms with Crippen molar-refractivity contribution in [2.75, 3.05) is 59.5 Å². The van der Waals surface area contributed by atoms with Gasteiger partial charge in [-0.05, 0) is 7.05 Å². The van der Waals surface area contributed by atoms with Crippen LogP contribution in [-0.2, 0) is 9.53 Å². The average molecular weight is 264 g/mol. The van der Waals surface area contributed by atoms with E-state index in [-0.39, 0.29) is 11.5 Å². The highest BCUT2D eigenvalue weighted by atomic mass is 16.5. The number of hydrogen-bond acceptors (Lipinski definition) is 5. The van der Waals surface area contributed by atoms with Gasteiger partial charge in [-0.25, -0.2) is 0 Å². The van der Waals surface area contributed by atoms with Gasteiger partial charge in [0.1, 0.15) is 11.6 Å². The molecule has 0 radical (unpaired) electrons. The van der Waals surface area contributed by atoms with Crippen molar-refractivity contribution in [3.63, 3.8) is 0 Å². The molecular formula is C13H20N4O2. The molecule has 0 spiro atoms. The first-order chi connectivity index (χ1) is 9.20. The number of morpholine rings is 1. The number of nitrogens with zero attached hydrogens (tertiary/aromatic N) is 4. The SMILES string of the molecule is CN1CCN(C(=O)/C(C#N)=C\N2CCOCC2)CC1. The average Bonchev–Trinajstić information content (AvgIpc) is 2.46. The lowest BCUT2D eigenvalue weighted by Crippen LogP contribution is -2.47. The van der Waals surface area contributed by atoms with E-state index in [2.05, 4.69) is 4.90 Å². The number of ether oxygens (including phenoxy) is 1. The number of hydrogen-bond donors (Lipinski definition) is 0. The fourth-order valence-electron chi connectivity index (χ4n) is 2.20. The number of carbonyl (C=O) groups is 1. The third-order valence-corrected chi connectivity index (χ3v) is 3.50. The van der Waals surface area contributed by atoms with E-state index in [0.717, 1.165) is 26.2 Å². The summed E-state index contributed by atoms with van der Waals surface area (Å²) in [4.78, 5) is 18.2. The number of nitriles is 1. The van der Waals surface area contributed by atoms with Crippen molar-refractivity contribution in [1.82, 2.24) is 14.7 Å². The molecule has 2 aliphatic rings. The van der Waals surface area contributed by atoms with Crippen molar-refractivity contribution in [3.05, 3.63) is 11.8 Å². The van der Waals surface area contributed by atoms with Crippen LogP contribution in [0.4, 0.5) is 0 Å². The molecule has 6 heteroatoms. The van der Waals surface area contributed by atoms with Crippen molar-refractivity contribution >= 4 is 5.91 Å². The summed E-state index contributed by atoms with van der Waals surface area (Å²) in [6.45, 7) is 5.89. The Morgan fingerprint density at radius 1 is 1.16 bits per heavy atom. The van der Waals surface area contributed by atoms with Crippen LogP contribution in [0.15, 0.2) is 11.8 Å². The molecule has 0 saturated carbocycles. The Morgan fingerprint density at radius 2 is 1.79 bits per heavy atom. The van der Waals surface area contributed by atoms with E-state index in [0.29, 0.717) is 26.3 Å². The lowest BCUT2D eigenvalue weighted by molar-refractivity contribution is -0.128. The quantitative estimate of drug-likeness (QED) is 0.497. The van der Waals surface area contributed by atoms with Crippen LogP contribution < -0.4 is 0 Å². The standard InChI is InChI=1S/C13H20N4O2/c1-15-2-4-17(5-3-15)13(18)12(10-14)11-16-6-8-19-9-7-16/h11H,2-9H2,1H3/b12-11-. The second-order valence-corrected chi connectivity index (χ2v) is 4.90. The fraction of sp³-hybridized carbons (Fsp3) is 0.692. The van der Waals surface area contributed by atoms with E-state index < -0.39 is 0 Å². The Morgan fingerprint density at radius 3 is 2.37 bits per heavy atom. The van der Waals surface area contributed by atoms with Gasteiger partial charge in [-0.15, -0.1) is 0 Å². The zero-order chi connectivity index (χ0) is 13.7. The van der Waals surface area contributed by atoms with Gasteiger partial charge in [0.25, 0.3) is 5.91 Å². The Kier molecular flexibility index (Phi) is 4.77. The van der Waals surface area contributed by atoms with E-state index in [1.807, 2.05) is 18.0 Å². The molecule has 6 nitrogen and oxygen atoms in total. The number of likely N-dealkylation sites (N-methyl/N-ethyl adjacent to an activating group) is 1. The van der Waals surface area contributed by atoms with E-state index in [1.54, 1.807) is 11.1 Å². The van der Waals surface area contributed by atoms with Gasteiger partial charge in [-0.3, -0.25) is 4.79 Å². The Hall–Kier alpha value is -1.58. The summed E-state index contributed by atoms with van der Waals surface area (Å²) in [5.41, 5.74) is 0.228. The first-order valence-corrected chi connectivity index (χ1v) is 6.62. The maximum Gasteiger partial charge on any atom is 0.266 e. The molecule has 2 heterocycles. The van der Waals surface area contributed by atoms with Crippen LogP contribution in [-0.4, -0.2) is 80.1 Å². The van der Waals surface area contributed by atoms with Crippen LogP contribution in [0.1, 0.15) is 0 Å². The van der Waals surface area contributed by atoms with E-state index in [4.69, 9.17) is 4.74 Å². The van der Waals surface area contributed by atoms with Crippen LogP contribution in [0, 0.1) is 11.3 Å². The molecule has 0 unspecified atom stereocenters. The zero-order valence-electron chi connectivity index (χ0n) is 11.3. The molecule has 0 N–H and O–H groups in total. The number of amides is 1. The van der Waals surface area contributed by atoms with Gasteiger partial charge in [-0.1, -0.05) is 0 Å². The Bertz CT molecular complexity index is 388. The predicted octanol–water partition coefficient (Wildman–Crippen LogP) is -0.500. The summed E-state index contributed by atoms with van der Waals surface area (Å²) in [6.07, 6.45) is 1.68. The molecule has 2 aliphatic heterocycles. The van der Waals surface area contributed by atoms with Crippen molar-refractivity contribution < 1.29 is 9.53 Å². The third kappa shape index (κ3) is 3.69. The highest BCUT2D eigenvalue weighted by molar-refractivity contribution is 5.97. The second-order valence-electron chi connectivity index (χ2n) is 4.90. The Balaban J connectivity index is 1.98. The maximum atomic E-state index is 12.3. The molecule has 19 heavy (non-hydrogen) atoms. The zero-order valence-corrected chi connectivity index (χ0v) is 11.3. The molecule has 0 bridgehead atoms. The van der Waals surface area contributed by atoms with E-state index >= 15 is 0 Å². The molecule has 2 fully saturated rings. The second kappa shape index (κ2) is 6.55. The molecule has 0 aromatic rings. The highest BCUT2D eigenvalue weighted by Crippen LogP contribution is 2.08. The molecule has 2 rings (SSSR count). The van der Waals surface area contributed by atoms with Crippen LogP contribution in [0.5, 0.6) is 0 Å². The first-order valence-electron chi connectivity index (χ1n) is 6.62. The molecule has 0 atom stereocenters. The lowest BCUT2D eigenvalue weighted by Gasteiger charge is -2.32. The maximum absolute atomic E-state index is 12.3. The molecule has 1 amide bonds. The summed E-state index contributed by atoms with van der Waals surface area (Å²) in [6, 6.07) is 2.03. The van der Waals surface area contributed by atoms with Crippen molar-refractivity contribution in [2.45, 2.75) is 0 Å². The smallest absolute Gasteiger partial charge is 0.266 e. The molecule has 0 aliphatic carbocycles. The predicted molar refractivity (Wildman–Crippen MR) is 70.2 cm³/mol. The van der Waals surface area contributed by atoms with Gasteiger partial charge in [-0.2, -0.15) is 5.26 Å². The topological polar surface area (TPSA) is 59.8 Å². The fourth-order valence-corrected chi connectivity index (χ4v) is 2.20. The summed E-state index contributed by atoms with van der Waals surface area (Å²) in [7, 11) is 2.04. The number of rotatable bonds is 2. The summed E-state index contributed by atoms with van der Waals surface area (Å²) >= 11 is 0. The lowest BCUT2D eigenvalue weighted by atomic mass is 10.2. The molecule has 0 aromatic heterocycles. The minimum atomic E-state index is -0.151. The molecule has 2 saturated heterocycles. The van der Waals surface area contributed by atoms with Gasteiger partial charge < -0.3 is 19.4 Å². The van der Waals surface area contributed by atoms with Crippen molar-refractivity contribution in [3.8, 4) is 6.07 Å². The van der Waals surface area contributed by atoms with Gasteiger partial charge in [0.05, 0.1) is 13.2 Å². The van der Waals surface area contributed by atoms with Gasteiger partial charge in [0.2, 0.25) is 0 Å². The van der Waals surface area contributed by atoms with Crippen molar-refractivity contribution in [2.24, 2.45) is 0 Å².